The highest BCUT2D eigenvalue weighted by molar-refractivity contribution is 14.1. The number of halogens is 1. The first-order valence-electron chi connectivity index (χ1n) is 3.69. The second kappa shape index (κ2) is 5.99. The lowest BCUT2D eigenvalue weighted by Gasteiger charge is -1.92. The van der Waals surface area contributed by atoms with E-state index < -0.39 is 5.97 Å². The van der Waals surface area contributed by atoms with E-state index in [1.54, 1.807) is 18.2 Å². The van der Waals surface area contributed by atoms with E-state index in [0.29, 0.717) is 5.56 Å². The van der Waals surface area contributed by atoms with Crippen molar-refractivity contribution in [2.75, 3.05) is 0 Å². The fraction of sp³-hybridized carbons (Fsp3) is 0.222. The Balaban J connectivity index is 0.000000561. The molecule has 1 rings (SSSR count). The summed E-state index contributed by atoms with van der Waals surface area (Å²) in [6, 6.07) is 6.78. The highest BCUT2D eigenvalue weighted by Crippen LogP contribution is 2.06. The van der Waals surface area contributed by atoms with E-state index in [-0.39, 0.29) is 0 Å². The molecule has 1 aromatic rings. The summed E-state index contributed by atoms with van der Waals surface area (Å²) in [7, 11) is 0. The quantitative estimate of drug-likeness (QED) is 0.802. The highest BCUT2D eigenvalue weighted by atomic mass is 127. The number of aromatic carboxylic acids is 1. The molecule has 0 aliphatic rings. The molecule has 0 spiro atoms. The smallest absolute Gasteiger partial charge is 0.335 e. The third-order valence-corrected chi connectivity index (χ3v) is 1.74. The Morgan fingerprint density at radius 2 is 2.00 bits per heavy atom. The number of carbonyl (C=O) groups is 1. The lowest BCUT2D eigenvalue weighted by Crippen LogP contribution is -1.95. The molecule has 0 saturated carbocycles. The van der Waals surface area contributed by atoms with Crippen molar-refractivity contribution < 1.29 is 9.90 Å². The van der Waals surface area contributed by atoms with Gasteiger partial charge in [-0.2, -0.15) is 0 Å². The summed E-state index contributed by atoms with van der Waals surface area (Å²) in [4.78, 5) is 10.3. The first kappa shape index (κ1) is 11.4. The second-order valence-electron chi connectivity index (χ2n) is 1.82. The maximum Gasteiger partial charge on any atom is 0.335 e. The van der Waals surface area contributed by atoms with Crippen molar-refractivity contribution in [1.29, 1.82) is 0 Å². The number of rotatable bonds is 1. The maximum atomic E-state index is 10.3. The molecule has 12 heavy (non-hydrogen) atoms. The van der Waals surface area contributed by atoms with Crippen LogP contribution in [0.3, 0.4) is 0 Å². The van der Waals surface area contributed by atoms with Crippen LogP contribution in [0, 0.1) is 3.57 Å². The molecule has 0 aliphatic carbocycles. The summed E-state index contributed by atoms with van der Waals surface area (Å²) >= 11 is 2.08. The van der Waals surface area contributed by atoms with Gasteiger partial charge in [-0.15, -0.1) is 0 Å². The van der Waals surface area contributed by atoms with Crippen LogP contribution in [0.15, 0.2) is 24.3 Å². The lowest BCUT2D eigenvalue weighted by molar-refractivity contribution is 0.0697. The fourth-order valence-electron chi connectivity index (χ4n) is 0.622. The van der Waals surface area contributed by atoms with Gasteiger partial charge in [-0.25, -0.2) is 4.79 Å². The van der Waals surface area contributed by atoms with Gasteiger partial charge in [0, 0.05) is 3.57 Å². The Bertz CT molecular complexity index is 258. The van der Waals surface area contributed by atoms with Crippen molar-refractivity contribution in [2.45, 2.75) is 13.8 Å². The summed E-state index contributed by atoms with van der Waals surface area (Å²) in [5.41, 5.74) is 0.340. The number of hydrogen-bond donors (Lipinski definition) is 1. The molecule has 0 aromatic heterocycles. The largest absolute Gasteiger partial charge is 0.478 e. The molecule has 0 heterocycles. The minimum atomic E-state index is -0.876. The molecular weight excluding hydrogens is 267 g/mol. The van der Waals surface area contributed by atoms with E-state index >= 15 is 0 Å². The van der Waals surface area contributed by atoms with Crippen LogP contribution in [-0.2, 0) is 0 Å². The van der Waals surface area contributed by atoms with Crippen LogP contribution in [0.4, 0.5) is 0 Å². The van der Waals surface area contributed by atoms with Gasteiger partial charge in [-0.3, -0.25) is 0 Å². The van der Waals surface area contributed by atoms with Crippen LogP contribution >= 0.6 is 22.6 Å². The Kier molecular flexibility index (Phi) is 5.70. The zero-order valence-electron chi connectivity index (χ0n) is 7.04. The molecular formula is C9H11IO2. The number of carboxylic acid groups (broad SMARTS) is 1. The Hall–Kier alpha value is -0.580. The van der Waals surface area contributed by atoms with Crippen LogP contribution in [0.25, 0.3) is 0 Å². The summed E-state index contributed by atoms with van der Waals surface area (Å²) in [5, 5.41) is 8.51. The Morgan fingerprint density at radius 1 is 1.42 bits per heavy atom. The maximum absolute atomic E-state index is 10.3. The van der Waals surface area contributed by atoms with Gasteiger partial charge in [0.05, 0.1) is 5.56 Å². The van der Waals surface area contributed by atoms with Crippen LogP contribution in [0.1, 0.15) is 24.2 Å². The summed E-state index contributed by atoms with van der Waals surface area (Å²) < 4.78 is 0.942. The number of benzene rings is 1. The van der Waals surface area contributed by atoms with Crippen LogP contribution in [0.2, 0.25) is 0 Å². The van der Waals surface area contributed by atoms with Crippen molar-refractivity contribution in [3.8, 4) is 0 Å². The molecule has 66 valence electrons. The zero-order chi connectivity index (χ0) is 9.56. The van der Waals surface area contributed by atoms with Gasteiger partial charge in [0.2, 0.25) is 0 Å². The van der Waals surface area contributed by atoms with Gasteiger partial charge in [-0.1, -0.05) is 19.9 Å². The third-order valence-electron chi connectivity index (χ3n) is 1.07. The molecule has 0 radical (unpaired) electrons. The van der Waals surface area contributed by atoms with Gasteiger partial charge in [0.1, 0.15) is 0 Å². The minimum Gasteiger partial charge on any atom is -0.478 e. The van der Waals surface area contributed by atoms with Crippen molar-refractivity contribution in [1.82, 2.24) is 0 Å². The van der Waals surface area contributed by atoms with Crippen molar-refractivity contribution in [3.05, 3.63) is 33.4 Å². The summed E-state index contributed by atoms with van der Waals surface area (Å²) in [6.07, 6.45) is 0. The van der Waals surface area contributed by atoms with Gasteiger partial charge in [-0.05, 0) is 40.8 Å². The second-order valence-corrected chi connectivity index (χ2v) is 3.06. The van der Waals surface area contributed by atoms with Gasteiger partial charge in [0.15, 0.2) is 0 Å². The minimum absolute atomic E-state index is 0.340. The predicted molar refractivity (Wildman–Crippen MR) is 57.5 cm³/mol. The highest BCUT2D eigenvalue weighted by Gasteiger charge is 1.99. The molecule has 0 amide bonds. The molecule has 0 saturated heterocycles. The molecule has 1 aromatic carbocycles. The lowest BCUT2D eigenvalue weighted by atomic mass is 10.2. The molecule has 0 unspecified atom stereocenters. The van der Waals surface area contributed by atoms with E-state index in [1.807, 2.05) is 19.9 Å². The Labute approximate surface area is 85.7 Å². The average molecular weight is 278 g/mol. The number of carboxylic acids is 1. The van der Waals surface area contributed by atoms with E-state index in [2.05, 4.69) is 22.6 Å². The third kappa shape index (κ3) is 3.71. The molecule has 1 N–H and O–H groups in total. The average Bonchev–Trinajstić information content (AvgIpc) is 2.08. The zero-order valence-corrected chi connectivity index (χ0v) is 9.20. The van der Waals surface area contributed by atoms with E-state index in [4.69, 9.17) is 5.11 Å². The van der Waals surface area contributed by atoms with Crippen LogP contribution in [-0.4, -0.2) is 11.1 Å². The molecule has 0 atom stereocenters. The standard InChI is InChI=1S/C7H5IO2.C2H6/c8-6-3-1-2-5(4-6)7(9)10;1-2/h1-4H,(H,9,10);1-2H3. The predicted octanol–water partition coefficient (Wildman–Crippen LogP) is 3.02. The monoisotopic (exact) mass is 278 g/mol. The van der Waals surface area contributed by atoms with Gasteiger partial charge >= 0.3 is 5.97 Å². The van der Waals surface area contributed by atoms with Crippen LogP contribution < -0.4 is 0 Å². The van der Waals surface area contributed by atoms with E-state index in [9.17, 15) is 4.79 Å². The SMILES string of the molecule is CC.O=C(O)c1cccc(I)c1. The van der Waals surface area contributed by atoms with Gasteiger partial charge in [0.25, 0.3) is 0 Å². The number of hydrogen-bond acceptors (Lipinski definition) is 1. The molecule has 3 heteroatoms. The summed E-state index contributed by atoms with van der Waals surface area (Å²) in [5.74, 6) is -0.876. The Morgan fingerprint density at radius 3 is 2.33 bits per heavy atom. The topological polar surface area (TPSA) is 37.3 Å². The fourth-order valence-corrected chi connectivity index (χ4v) is 1.16. The van der Waals surface area contributed by atoms with E-state index in [1.165, 1.54) is 0 Å². The van der Waals surface area contributed by atoms with E-state index in [0.717, 1.165) is 3.57 Å². The van der Waals surface area contributed by atoms with Gasteiger partial charge < -0.3 is 5.11 Å². The molecule has 0 fully saturated rings. The van der Waals surface area contributed by atoms with Crippen molar-refractivity contribution in [2.24, 2.45) is 0 Å². The molecule has 2 nitrogen and oxygen atoms in total. The molecule has 0 bridgehead atoms. The van der Waals surface area contributed by atoms with Crippen LogP contribution in [0.5, 0.6) is 0 Å². The van der Waals surface area contributed by atoms with Crippen molar-refractivity contribution in [3.63, 3.8) is 0 Å². The van der Waals surface area contributed by atoms with Crippen molar-refractivity contribution >= 4 is 28.6 Å². The normalized spacial score (nSPS) is 8.25. The first-order chi connectivity index (χ1) is 5.70. The first-order valence-corrected chi connectivity index (χ1v) is 4.77. The molecule has 0 aliphatic heterocycles. The summed E-state index contributed by atoms with van der Waals surface area (Å²) in [6.45, 7) is 4.00.